The van der Waals surface area contributed by atoms with E-state index in [4.69, 9.17) is 4.74 Å². The first kappa shape index (κ1) is 21.0. The third-order valence-corrected chi connectivity index (χ3v) is 5.42. The number of benzene rings is 2. The predicted octanol–water partition coefficient (Wildman–Crippen LogP) is 3.83. The van der Waals surface area contributed by atoms with E-state index in [2.05, 4.69) is 5.32 Å². The number of aryl methyl sites for hydroxylation is 1. The first-order valence-corrected chi connectivity index (χ1v) is 11.0. The van der Waals surface area contributed by atoms with Gasteiger partial charge in [-0.1, -0.05) is 36.8 Å². The van der Waals surface area contributed by atoms with Gasteiger partial charge in [0.15, 0.2) is 9.84 Å². The van der Waals surface area contributed by atoms with Gasteiger partial charge in [0.1, 0.15) is 5.75 Å². The highest BCUT2D eigenvalue weighted by atomic mass is 32.2. The molecular formula is C21H27NO4S. The fourth-order valence-corrected chi connectivity index (χ4v) is 3.32. The van der Waals surface area contributed by atoms with Gasteiger partial charge in [0.2, 0.25) is 5.91 Å². The molecule has 0 saturated carbocycles. The number of ether oxygens (including phenoxy) is 1. The van der Waals surface area contributed by atoms with Crippen molar-refractivity contribution in [3.63, 3.8) is 0 Å². The fourth-order valence-electron chi connectivity index (χ4n) is 2.69. The molecule has 0 unspecified atom stereocenters. The Morgan fingerprint density at radius 3 is 2.26 bits per heavy atom. The van der Waals surface area contributed by atoms with Crippen molar-refractivity contribution >= 4 is 15.7 Å². The van der Waals surface area contributed by atoms with Crippen molar-refractivity contribution in [2.45, 2.75) is 44.0 Å². The van der Waals surface area contributed by atoms with Crippen molar-refractivity contribution in [2.24, 2.45) is 0 Å². The first-order chi connectivity index (χ1) is 12.8. The molecular weight excluding hydrogens is 362 g/mol. The van der Waals surface area contributed by atoms with Gasteiger partial charge in [-0.3, -0.25) is 4.79 Å². The summed E-state index contributed by atoms with van der Waals surface area (Å²) >= 11 is 0. The van der Waals surface area contributed by atoms with E-state index < -0.39 is 9.84 Å². The molecule has 1 N–H and O–H groups in total. The summed E-state index contributed by atoms with van der Waals surface area (Å²) in [6.07, 6.45) is 2.91. The number of hydrogen-bond donors (Lipinski definition) is 1. The third kappa shape index (κ3) is 6.71. The number of carbonyl (C=O) groups excluding carboxylic acids is 1. The van der Waals surface area contributed by atoms with Gasteiger partial charge in [-0.25, -0.2) is 8.42 Å². The van der Waals surface area contributed by atoms with E-state index in [9.17, 15) is 13.2 Å². The van der Waals surface area contributed by atoms with Gasteiger partial charge < -0.3 is 10.1 Å². The van der Waals surface area contributed by atoms with Gasteiger partial charge >= 0.3 is 0 Å². The molecule has 2 rings (SSSR count). The standard InChI is InChI=1S/C21H27NO4S/c1-4-20(17-9-13-19(14-10-17)27(3,24)25)22-21(23)6-5-15-26-18-11-7-16(2)8-12-18/h7-14,20H,4-6,15H2,1-3H3,(H,22,23)/t20-/m1/s1. The van der Waals surface area contributed by atoms with Crippen LogP contribution in [0.1, 0.15) is 43.4 Å². The molecule has 0 saturated heterocycles. The molecule has 0 heterocycles. The minimum atomic E-state index is -3.22. The molecule has 5 nitrogen and oxygen atoms in total. The molecule has 0 aromatic heterocycles. The molecule has 0 radical (unpaired) electrons. The van der Waals surface area contributed by atoms with Crippen LogP contribution in [-0.4, -0.2) is 27.2 Å². The van der Waals surface area contributed by atoms with Crippen LogP contribution in [0.2, 0.25) is 0 Å². The number of amides is 1. The molecule has 1 atom stereocenters. The molecule has 0 fully saturated rings. The quantitative estimate of drug-likeness (QED) is 0.662. The van der Waals surface area contributed by atoms with Crippen LogP contribution in [0.25, 0.3) is 0 Å². The number of hydrogen-bond acceptors (Lipinski definition) is 4. The Hall–Kier alpha value is -2.34. The van der Waals surface area contributed by atoms with Crippen LogP contribution >= 0.6 is 0 Å². The SMILES string of the molecule is CC[C@@H](NC(=O)CCCOc1ccc(C)cc1)c1ccc(S(C)(=O)=O)cc1. The van der Waals surface area contributed by atoms with Crippen LogP contribution in [0.5, 0.6) is 5.75 Å². The Morgan fingerprint density at radius 1 is 1.07 bits per heavy atom. The Labute approximate surface area is 161 Å². The van der Waals surface area contributed by atoms with Crippen molar-refractivity contribution in [3.8, 4) is 5.75 Å². The summed E-state index contributed by atoms with van der Waals surface area (Å²) in [5.74, 6) is 0.764. The van der Waals surface area contributed by atoms with Gasteiger partial charge in [-0.2, -0.15) is 0 Å². The Kier molecular flexibility index (Phi) is 7.42. The molecule has 2 aromatic rings. The minimum Gasteiger partial charge on any atom is -0.494 e. The lowest BCUT2D eigenvalue weighted by Gasteiger charge is -2.18. The summed E-state index contributed by atoms with van der Waals surface area (Å²) in [6.45, 7) is 4.49. The lowest BCUT2D eigenvalue weighted by molar-refractivity contribution is -0.122. The van der Waals surface area contributed by atoms with Crippen LogP contribution in [0, 0.1) is 6.92 Å². The molecule has 0 aliphatic rings. The zero-order chi connectivity index (χ0) is 19.9. The van der Waals surface area contributed by atoms with E-state index in [0.717, 1.165) is 17.7 Å². The lowest BCUT2D eigenvalue weighted by Crippen LogP contribution is -2.28. The summed E-state index contributed by atoms with van der Waals surface area (Å²) in [5, 5.41) is 3.00. The fraction of sp³-hybridized carbons (Fsp3) is 0.381. The van der Waals surface area contributed by atoms with E-state index in [1.807, 2.05) is 38.1 Å². The van der Waals surface area contributed by atoms with Gasteiger partial charge in [-0.05, 0) is 49.6 Å². The number of rotatable bonds is 9. The summed E-state index contributed by atoms with van der Waals surface area (Å²) < 4.78 is 28.7. The van der Waals surface area contributed by atoms with E-state index in [1.165, 1.54) is 11.8 Å². The minimum absolute atomic E-state index is 0.0402. The molecule has 0 aliphatic carbocycles. The molecule has 6 heteroatoms. The monoisotopic (exact) mass is 389 g/mol. The van der Waals surface area contributed by atoms with Crippen LogP contribution < -0.4 is 10.1 Å². The maximum atomic E-state index is 12.2. The molecule has 0 bridgehead atoms. The smallest absolute Gasteiger partial charge is 0.220 e. The van der Waals surface area contributed by atoms with Crippen molar-refractivity contribution in [1.82, 2.24) is 5.32 Å². The Bertz CT molecular complexity index is 843. The molecule has 0 aliphatic heterocycles. The highest BCUT2D eigenvalue weighted by Crippen LogP contribution is 2.19. The second kappa shape index (κ2) is 9.55. The van der Waals surface area contributed by atoms with Gasteiger partial charge in [0.05, 0.1) is 17.5 Å². The molecule has 27 heavy (non-hydrogen) atoms. The van der Waals surface area contributed by atoms with Crippen molar-refractivity contribution < 1.29 is 17.9 Å². The average molecular weight is 390 g/mol. The Balaban J connectivity index is 1.81. The maximum absolute atomic E-state index is 12.2. The van der Waals surface area contributed by atoms with Crippen molar-refractivity contribution in [1.29, 1.82) is 0 Å². The van der Waals surface area contributed by atoms with Crippen LogP contribution in [0.3, 0.4) is 0 Å². The van der Waals surface area contributed by atoms with Crippen LogP contribution in [-0.2, 0) is 14.6 Å². The van der Waals surface area contributed by atoms with E-state index in [0.29, 0.717) is 19.4 Å². The summed E-state index contributed by atoms with van der Waals surface area (Å²) in [7, 11) is -3.22. The summed E-state index contributed by atoms with van der Waals surface area (Å²) in [5.41, 5.74) is 2.08. The summed E-state index contributed by atoms with van der Waals surface area (Å²) in [6, 6.07) is 14.3. The van der Waals surface area contributed by atoms with E-state index in [-0.39, 0.29) is 16.8 Å². The Morgan fingerprint density at radius 2 is 1.70 bits per heavy atom. The van der Waals surface area contributed by atoms with Crippen molar-refractivity contribution in [3.05, 3.63) is 59.7 Å². The van der Waals surface area contributed by atoms with Gasteiger partial charge in [0, 0.05) is 12.7 Å². The second-order valence-electron chi connectivity index (χ2n) is 6.63. The largest absolute Gasteiger partial charge is 0.494 e. The average Bonchev–Trinajstić information content (AvgIpc) is 2.64. The van der Waals surface area contributed by atoms with E-state index in [1.54, 1.807) is 24.3 Å². The normalized spacial score (nSPS) is 12.4. The lowest BCUT2D eigenvalue weighted by atomic mass is 10.0. The number of nitrogens with one attached hydrogen (secondary N) is 1. The maximum Gasteiger partial charge on any atom is 0.220 e. The topological polar surface area (TPSA) is 72.5 Å². The third-order valence-electron chi connectivity index (χ3n) is 4.29. The number of carbonyl (C=O) groups is 1. The molecule has 0 spiro atoms. The van der Waals surface area contributed by atoms with E-state index >= 15 is 0 Å². The second-order valence-corrected chi connectivity index (χ2v) is 8.65. The zero-order valence-electron chi connectivity index (χ0n) is 16.1. The van der Waals surface area contributed by atoms with Crippen LogP contribution in [0.4, 0.5) is 0 Å². The molecule has 146 valence electrons. The first-order valence-electron chi connectivity index (χ1n) is 9.08. The zero-order valence-corrected chi connectivity index (χ0v) is 16.9. The predicted molar refractivity (Wildman–Crippen MR) is 107 cm³/mol. The molecule has 1 amide bonds. The highest BCUT2D eigenvalue weighted by molar-refractivity contribution is 7.90. The van der Waals surface area contributed by atoms with Gasteiger partial charge in [-0.15, -0.1) is 0 Å². The van der Waals surface area contributed by atoms with Gasteiger partial charge in [0.25, 0.3) is 0 Å². The molecule has 2 aromatic carbocycles. The summed E-state index contributed by atoms with van der Waals surface area (Å²) in [4.78, 5) is 12.5. The van der Waals surface area contributed by atoms with Crippen LogP contribution in [0.15, 0.2) is 53.4 Å². The van der Waals surface area contributed by atoms with Crippen molar-refractivity contribution in [2.75, 3.05) is 12.9 Å². The highest BCUT2D eigenvalue weighted by Gasteiger charge is 2.14. The number of sulfone groups is 1.